The zero-order chi connectivity index (χ0) is 14.5. The lowest BCUT2D eigenvalue weighted by Crippen LogP contribution is -2.13. The Labute approximate surface area is 130 Å². The number of ether oxygens (including phenoxy) is 1. The standard InChI is InChI=1S/C17H21ClN2O/c18-12-14-6-4-5-9-17(14)21-13-15-10-11-20(19-15)16-7-2-1-3-8-16/h4-6,9-11,16H,1-3,7-8,12-13H2. The lowest BCUT2D eigenvalue weighted by atomic mass is 9.96. The fourth-order valence-electron chi connectivity index (χ4n) is 2.91. The highest BCUT2D eigenvalue weighted by Crippen LogP contribution is 2.27. The van der Waals surface area contributed by atoms with Gasteiger partial charge in [-0.1, -0.05) is 37.5 Å². The number of rotatable bonds is 5. The molecule has 0 unspecified atom stereocenters. The summed E-state index contributed by atoms with van der Waals surface area (Å²) in [5.74, 6) is 1.31. The van der Waals surface area contributed by atoms with E-state index in [-0.39, 0.29) is 0 Å². The Balaban J connectivity index is 1.62. The second-order valence-electron chi connectivity index (χ2n) is 5.61. The number of benzene rings is 1. The summed E-state index contributed by atoms with van der Waals surface area (Å²) >= 11 is 5.92. The predicted octanol–water partition coefficient (Wildman–Crippen LogP) is 4.71. The molecule has 0 spiro atoms. The van der Waals surface area contributed by atoms with Crippen LogP contribution in [0.5, 0.6) is 5.75 Å². The summed E-state index contributed by atoms with van der Waals surface area (Å²) in [4.78, 5) is 0. The van der Waals surface area contributed by atoms with Crippen LogP contribution >= 0.6 is 11.6 Å². The largest absolute Gasteiger partial charge is 0.487 e. The van der Waals surface area contributed by atoms with Gasteiger partial charge < -0.3 is 4.74 Å². The van der Waals surface area contributed by atoms with E-state index >= 15 is 0 Å². The molecule has 21 heavy (non-hydrogen) atoms. The van der Waals surface area contributed by atoms with Crippen LogP contribution in [0, 0.1) is 0 Å². The van der Waals surface area contributed by atoms with E-state index in [0.29, 0.717) is 18.5 Å². The maximum atomic E-state index is 5.92. The highest BCUT2D eigenvalue weighted by atomic mass is 35.5. The van der Waals surface area contributed by atoms with Crippen LogP contribution in [0.4, 0.5) is 0 Å². The van der Waals surface area contributed by atoms with E-state index in [0.717, 1.165) is 17.0 Å². The van der Waals surface area contributed by atoms with Gasteiger partial charge in [0.05, 0.1) is 17.6 Å². The molecule has 3 nitrogen and oxygen atoms in total. The predicted molar refractivity (Wildman–Crippen MR) is 84.7 cm³/mol. The van der Waals surface area contributed by atoms with Gasteiger partial charge in [-0.2, -0.15) is 5.10 Å². The van der Waals surface area contributed by atoms with Crippen molar-refractivity contribution in [1.29, 1.82) is 0 Å². The van der Waals surface area contributed by atoms with Gasteiger partial charge in [-0.3, -0.25) is 4.68 Å². The Kier molecular flexibility index (Phi) is 4.81. The van der Waals surface area contributed by atoms with Crippen molar-refractivity contribution < 1.29 is 4.74 Å². The maximum Gasteiger partial charge on any atom is 0.132 e. The van der Waals surface area contributed by atoms with Gasteiger partial charge in [0.1, 0.15) is 12.4 Å². The number of aromatic nitrogens is 2. The number of halogens is 1. The van der Waals surface area contributed by atoms with Crippen LogP contribution in [-0.2, 0) is 12.5 Å². The van der Waals surface area contributed by atoms with Gasteiger partial charge >= 0.3 is 0 Å². The van der Waals surface area contributed by atoms with E-state index in [1.54, 1.807) is 0 Å². The number of nitrogens with zero attached hydrogens (tertiary/aromatic N) is 2. The molecule has 3 rings (SSSR count). The summed E-state index contributed by atoms with van der Waals surface area (Å²) in [6, 6.07) is 10.5. The van der Waals surface area contributed by atoms with E-state index < -0.39 is 0 Å². The third-order valence-corrected chi connectivity index (χ3v) is 4.39. The third kappa shape index (κ3) is 3.59. The van der Waals surface area contributed by atoms with Gasteiger partial charge in [0.15, 0.2) is 0 Å². The summed E-state index contributed by atoms with van der Waals surface area (Å²) in [6.07, 6.45) is 8.58. The van der Waals surface area contributed by atoms with E-state index in [1.807, 2.05) is 24.3 Å². The number of alkyl halides is 1. The highest BCUT2D eigenvalue weighted by molar-refractivity contribution is 6.17. The van der Waals surface area contributed by atoms with E-state index in [1.165, 1.54) is 32.1 Å². The lowest BCUT2D eigenvalue weighted by Gasteiger charge is -2.21. The molecule has 0 saturated heterocycles. The molecule has 1 saturated carbocycles. The van der Waals surface area contributed by atoms with Crippen molar-refractivity contribution in [2.24, 2.45) is 0 Å². The summed E-state index contributed by atoms with van der Waals surface area (Å²) in [5, 5.41) is 4.66. The van der Waals surface area contributed by atoms with Crippen molar-refractivity contribution in [2.75, 3.05) is 0 Å². The molecule has 1 aliphatic carbocycles. The van der Waals surface area contributed by atoms with Gasteiger partial charge in [-0.15, -0.1) is 11.6 Å². The summed E-state index contributed by atoms with van der Waals surface area (Å²) < 4.78 is 7.97. The molecule has 0 aliphatic heterocycles. The van der Waals surface area contributed by atoms with Gasteiger partial charge in [0.25, 0.3) is 0 Å². The minimum Gasteiger partial charge on any atom is -0.487 e. The van der Waals surface area contributed by atoms with E-state index in [4.69, 9.17) is 16.3 Å². The molecule has 0 bridgehead atoms. The quantitative estimate of drug-likeness (QED) is 0.748. The van der Waals surface area contributed by atoms with Crippen molar-refractivity contribution >= 4 is 11.6 Å². The topological polar surface area (TPSA) is 27.1 Å². The maximum absolute atomic E-state index is 5.92. The summed E-state index contributed by atoms with van der Waals surface area (Å²) in [7, 11) is 0. The fraction of sp³-hybridized carbons (Fsp3) is 0.471. The van der Waals surface area contributed by atoms with Crippen molar-refractivity contribution in [3.05, 3.63) is 47.8 Å². The van der Waals surface area contributed by atoms with Crippen LogP contribution in [0.3, 0.4) is 0 Å². The monoisotopic (exact) mass is 304 g/mol. The average molecular weight is 305 g/mol. The molecule has 2 aromatic rings. The molecule has 1 fully saturated rings. The van der Waals surface area contributed by atoms with Gasteiger partial charge in [0, 0.05) is 11.8 Å². The third-order valence-electron chi connectivity index (χ3n) is 4.10. The molecular weight excluding hydrogens is 284 g/mol. The smallest absolute Gasteiger partial charge is 0.132 e. The Morgan fingerprint density at radius 2 is 1.95 bits per heavy atom. The molecule has 1 aromatic heterocycles. The van der Waals surface area contributed by atoms with Crippen LogP contribution < -0.4 is 4.74 Å². The molecule has 0 amide bonds. The van der Waals surface area contributed by atoms with Crippen LogP contribution in [0.2, 0.25) is 0 Å². The molecule has 0 atom stereocenters. The second-order valence-corrected chi connectivity index (χ2v) is 5.88. The SMILES string of the molecule is ClCc1ccccc1OCc1ccn(C2CCCCC2)n1. The molecule has 1 heterocycles. The van der Waals surface area contributed by atoms with E-state index in [2.05, 4.69) is 22.0 Å². The van der Waals surface area contributed by atoms with E-state index in [9.17, 15) is 0 Å². The average Bonchev–Trinajstić information content (AvgIpc) is 3.03. The van der Waals surface area contributed by atoms with Crippen molar-refractivity contribution in [1.82, 2.24) is 9.78 Å². The molecule has 1 aromatic carbocycles. The Morgan fingerprint density at radius 1 is 1.14 bits per heavy atom. The molecule has 0 N–H and O–H groups in total. The van der Waals surface area contributed by atoms with Crippen molar-refractivity contribution in [3.8, 4) is 5.75 Å². The van der Waals surface area contributed by atoms with Gasteiger partial charge in [-0.05, 0) is 25.0 Å². The first-order chi connectivity index (χ1) is 10.4. The first-order valence-corrected chi connectivity index (χ1v) is 8.21. The van der Waals surface area contributed by atoms with Crippen molar-refractivity contribution in [3.63, 3.8) is 0 Å². The number of para-hydroxylation sites is 1. The first-order valence-electron chi connectivity index (χ1n) is 7.67. The zero-order valence-electron chi connectivity index (χ0n) is 12.2. The molecule has 4 heteroatoms. The minimum absolute atomic E-state index is 0.465. The zero-order valence-corrected chi connectivity index (χ0v) is 12.9. The molecule has 0 radical (unpaired) electrons. The fourth-order valence-corrected chi connectivity index (χ4v) is 3.13. The Hall–Kier alpha value is -1.48. The highest BCUT2D eigenvalue weighted by Gasteiger charge is 2.16. The van der Waals surface area contributed by atoms with Crippen LogP contribution in [0.1, 0.15) is 49.4 Å². The van der Waals surface area contributed by atoms with Gasteiger partial charge in [0.2, 0.25) is 0 Å². The summed E-state index contributed by atoms with van der Waals surface area (Å²) in [5.41, 5.74) is 2.00. The van der Waals surface area contributed by atoms with Crippen LogP contribution in [0.15, 0.2) is 36.5 Å². The number of hydrogen-bond donors (Lipinski definition) is 0. The molecule has 112 valence electrons. The molecular formula is C17H21ClN2O. The van der Waals surface area contributed by atoms with Crippen LogP contribution in [0.25, 0.3) is 0 Å². The Bertz CT molecular complexity index is 576. The second kappa shape index (κ2) is 6.99. The summed E-state index contributed by atoms with van der Waals surface area (Å²) in [6.45, 7) is 0.494. The normalized spacial score (nSPS) is 16.0. The Morgan fingerprint density at radius 3 is 2.76 bits per heavy atom. The van der Waals surface area contributed by atoms with Crippen molar-refractivity contribution in [2.45, 2.75) is 50.6 Å². The number of hydrogen-bond acceptors (Lipinski definition) is 2. The lowest BCUT2D eigenvalue weighted by molar-refractivity contribution is 0.289. The molecule has 1 aliphatic rings. The first kappa shape index (κ1) is 14.5. The minimum atomic E-state index is 0.465. The van der Waals surface area contributed by atoms with Crippen LogP contribution in [-0.4, -0.2) is 9.78 Å². The van der Waals surface area contributed by atoms with Gasteiger partial charge in [-0.25, -0.2) is 0 Å².